The van der Waals surface area contributed by atoms with E-state index >= 15 is 0 Å². The molecule has 0 fully saturated rings. The van der Waals surface area contributed by atoms with Gasteiger partial charge in [-0.05, 0) is 37.3 Å². The first kappa shape index (κ1) is 22.6. The van der Waals surface area contributed by atoms with Crippen LogP contribution in [0, 0.1) is 0 Å². The summed E-state index contributed by atoms with van der Waals surface area (Å²) in [5, 5.41) is 12.1. The highest BCUT2D eigenvalue weighted by atomic mass is 35.5. The van der Waals surface area contributed by atoms with Crippen molar-refractivity contribution in [3.63, 3.8) is 0 Å². The molecule has 11 heteroatoms. The van der Waals surface area contributed by atoms with Crippen molar-refractivity contribution in [2.45, 2.75) is 29.3 Å². The van der Waals surface area contributed by atoms with E-state index in [0.717, 1.165) is 11.8 Å². The summed E-state index contributed by atoms with van der Waals surface area (Å²) in [7, 11) is -3.55. The molecule has 0 atom stereocenters. The van der Waals surface area contributed by atoms with Gasteiger partial charge < -0.3 is 9.88 Å². The largest absolute Gasteiger partial charge is 0.324 e. The molecule has 1 heterocycles. The lowest BCUT2D eigenvalue weighted by atomic mass is 10.3. The fourth-order valence-electron chi connectivity index (χ4n) is 2.64. The Hall–Kier alpha value is -2.07. The molecule has 7 nitrogen and oxygen atoms in total. The van der Waals surface area contributed by atoms with Crippen LogP contribution in [-0.2, 0) is 26.9 Å². The summed E-state index contributed by atoms with van der Waals surface area (Å²) in [6, 6.07) is 13.0. The highest BCUT2D eigenvalue weighted by Gasteiger charge is 2.21. The van der Waals surface area contributed by atoms with Gasteiger partial charge in [-0.1, -0.05) is 53.2 Å². The van der Waals surface area contributed by atoms with E-state index in [2.05, 4.69) is 15.5 Å². The van der Waals surface area contributed by atoms with Crippen molar-refractivity contribution in [1.29, 1.82) is 0 Å². The lowest BCUT2D eigenvalue weighted by Crippen LogP contribution is -2.15. The molecule has 158 valence electrons. The Kier molecular flexibility index (Phi) is 7.41. The molecule has 3 aromatic rings. The zero-order valence-corrected chi connectivity index (χ0v) is 19.0. The van der Waals surface area contributed by atoms with Crippen LogP contribution in [0.3, 0.4) is 0 Å². The number of nitrogens with one attached hydrogen (secondary N) is 1. The summed E-state index contributed by atoms with van der Waals surface area (Å²) in [4.78, 5) is 12.5. The molecule has 0 aliphatic heterocycles. The number of thioether (sulfide) groups is 1. The number of hydrogen-bond donors (Lipinski definition) is 1. The maximum absolute atomic E-state index is 12.6. The number of nitrogens with zero attached hydrogens (tertiary/aromatic N) is 3. The van der Waals surface area contributed by atoms with E-state index in [1.54, 1.807) is 53.1 Å². The third-order valence-electron chi connectivity index (χ3n) is 4.07. The molecule has 1 aromatic heterocycles. The summed E-state index contributed by atoms with van der Waals surface area (Å²) in [6.07, 6.45) is 0. The van der Waals surface area contributed by atoms with Crippen molar-refractivity contribution in [3.8, 4) is 0 Å². The average Bonchev–Trinajstić information content (AvgIpc) is 3.10. The van der Waals surface area contributed by atoms with Crippen molar-refractivity contribution < 1.29 is 13.2 Å². The fraction of sp³-hybridized carbons (Fsp3) is 0.211. The number of carbonyl (C=O) groups is 1. The van der Waals surface area contributed by atoms with Crippen molar-refractivity contribution in [3.05, 3.63) is 64.4 Å². The van der Waals surface area contributed by atoms with E-state index in [0.29, 0.717) is 33.3 Å². The minimum absolute atomic E-state index is 0.0581. The maximum atomic E-state index is 12.6. The number of amides is 1. The number of carbonyl (C=O) groups excluding carboxylic acids is 1. The van der Waals surface area contributed by atoms with Crippen molar-refractivity contribution in [1.82, 2.24) is 14.8 Å². The number of rotatable bonds is 8. The van der Waals surface area contributed by atoms with Crippen LogP contribution in [-0.4, -0.2) is 34.8 Å². The number of anilines is 1. The van der Waals surface area contributed by atoms with Crippen LogP contribution in [0.25, 0.3) is 0 Å². The van der Waals surface area contributed by atoms with Crippen LogP contribution < -0.4 is 5.32 Å². The van der Waals surface area contributed by atoms with Gasteiger partial charge in [0, 0.05) is 11.6 Å². The Bertz CT molecular complexity index is 1150. The Balaban J connectivity index is 1.67. The molecular weight excluding hydrogens is 467 g/mol. The van der Waals surface area contributed by atoms with Gasteiger partial charge in [-0.3, -0.25) is 4.79 Å². The first-order valence-corrected chi connectivity index (χ1v) is 12.3. The molecular formula is C19H18Cl2N4O3S2. The van der Waals surface area contributed by atoms with Crippen LogP contribution in [0.5, 0.6) is 0 Å². The Morgan fingerprint density at radius 1 is 1.13 bits per heavy atom. The van der Waals surface area contributed by atoms with E-state index in [1.807, 2.05) is 6.92 Å². The Labute approximate surface area is 188 Å². The van der Waals surface area contributed by atoms with E-state index in [1.165, 1.54) is 0 Å². The molecule has 0 unspecified atom stereocenters. The third kappa shape index (κ3) is 5.54. The SMILES string of the molecule is CCn1c(CS(=O)(=O)c2ccccc2)nnc1SCC(=O)Nc1ccc(Cl)cc1Cl. The molecule has 0 saturated heterocycles. The number of benzene rings is 2. The van der Waals surface area contributed by atoms with Crippen LogP contribution in [0.1, 0.15) is 12.7 Å². The fourth-order valence-corrected chi connectivity index (χ4v) is 5.21. The van der Waals surface area contributed by atoms with E-state index in [4.69, 9.17) is 23.2 Å². The standard InChI is InChI=1S/C19H18Cl2N4O3S2/c1-2-25-17(12-30(27,28)14-6-4-3-5-7-14)23-24-19(25)29-11-18(26)22-16-9-8-13(20)10-15(16)21/h3-10H,2,11-12H2,1H3,(H,22,26). The summed E-state index contributed by atoms with van der Waals surface area (Å²) < 4.78 is 26.9. The van der Waals surface area contributed by atoms with Crippen LogP contribution >= 0.6 is 35.0 Å². The van der Waals surface area contributed by atoms with Crippen molar-refractivity contribution in [2.75, 3.05) is 11.1 Å². The smallest absolute Gasteiger partial charge is 0.234 e. The second-order valence-corrected chi connectivity index (χ2v) is 9.95. The molecule has 30 heavy (non-hydrogen) atoms. The zero-order valence-electron chi connectivity index (χ0n) is 15.9. The molecule has 0 radical (unpaired) electrons. The number of halogens is 2. The molecule has 3 rings (SSSR count). The van der Waals surface area contributed by atoms with E-state index in [-0.39, 0.29) is 22.3 Å². The second-order valence-electron chi connectivity index (χ2n) is 6.18. The molecule has 0 saturated carbocycles. The monoisotopic (exact) mass is 484 g/mol. The number of hydrogen-bond acceptors (Lipinski definition) is 6. The van der Waals surface area contributed by atoms with Gasteiger partial charge in [0.2, 0.25) is 5.91 Å². The minimum Gasteiger partial charge on any atom is -0.324 e. The van der Waals surface area contributed by atoms with Crippen molar-refractivity contribution in [2.24, 2.45) is 0 Å². The predicted octanol–water partition coefficient (Wildman–Crippen LogP) is 4.31. The molecule has 0 bridgehead atoms. The molecule has 0 aliphatic carbocycles. The topological polar surface area (TPSA) is 93.9 Å². The van der Waals surface area contributed by atoms with Crippen LogP contribution in [0.4, 0.5) is 5.69 Å². The molecule has 0 spiro atoms. The van der Waals surface area contributed by atoms with Gasteiger partial charge in [0.1, 0.15) is 11.6 Å². The van der Waals surface area contributed by atoms with E-state index in [9.17, 15) is 13.2 Å². The van der Waals surface area contributed by atoms with Gasteiger partial charge in [0.05, 0.1) is 21.4 Å². The van der Waals surface area contributed by atoms with Crippen LogP contribution in [0.15, 0.2) is 58.6 Å². The van der Waals surface area contributed by atoms with Gasteiger partial charge >= 0.3 is 0 Å². The summed E-state index contributed by atoms with van der Waals surface area (Å²) in [5.74, 6) is -0.175. The first-order chi connectivity index (χ1) is 14.3. The quantitative estimate of drug-likeness (QED) is 0.478. The third-order valence-corrected chi connectivity index (χ3v) is 7.21. The molecule has 1 amide bonds. The van der Waals surface area contributed by atoms with Crippen molar-refractivity contribution >= 4 is 56.4 Å². The van der Waals surface area contributed by atoms with Gasteiger partial charge in [0.25, 0.3) is 0 Å². The van der Waals surface area contributed by atoms with Gasteiger partial charge in [-0.15, -0.1) is 10.2 Å². The summed E-state index contributed by atoms with van der Waals surface area (Å²) in [5.41, 5.74) is 0.457. The van der Waals surface area contributed by atoms with Gasteiger partial charge in [-0.25, -0.2) is 8.42 Å². The molecule has 2 aromatic carbocycles. The van der Waals surface area contributed by atoms with Crippen LogP contribution in [0.2, 0.25) is 10.0 Å². The predicted molar refractivity (Wildman–Crippen MR) is 119 cm³/mol. The normalized spacial score (nSPS) is 11.4. The summed E-state index contributed by atoms with van der Waals surface area (Å²) >= 11 is 13.1. The lowest BCUT2D eigenvalue weighted by Gasteiger charge is -2.09. The molecule has 0 aliphatic rings. The maximum Gasteiger partial charge on any atom is 0.234 e. The Morgan fingerprint density at radius 2 is 1.87 bits per heavy atom. The average molecular weight is 485 g/mol. The number of sulfone groups is 1. The van der Waals surface area contributed by atoms with E-state index < -0.39 is 9.84 Å². The lowest BCUT2D eigenvalue weighted by molar-refractivity contribution is -0.113. The highest BCUT2D eigenvalue weighted by molar-refractivity contribution is 7.99. The zero-order chi connectivity index (χ0) is 21.7. The number of aromatic nitrogens is 3. The highest BCUT2D eigenvalue weighted by Crippen LogP contribution is 2.26. The first-order valence-electron chi connectivity index (χ1n) is 8.87. The second kappa shape index (κ2) is 9.82. The van der Waals surface area contributed by atoms with Gasteiger partial charge in [0.15, 0.2) is 15.0 Å². The molecule has 1 N–H and O–H groups in total. The Morgan fingerprint density at radius 3 is 2.53 bits per heavy atom. The minimum atomic E-state index is -3.55. The summed E-state index contributed by atoms with van der Waals surface area (Å²) in [6.45, 7) is 2.33. The van der Waals surface area contributed by atoms with Gasteiger partial charge in [-0.2, -0.15) is 0 Å².